The van der Waals surface area contributed by atoms with Gasteiger partial charge in [-0.05, 0) is 27.7 Å². The van der Waals surface area contributed by atoms with E-state index in [1.165, 1.54) is 12.4 Å². The van der Waals surface area contributed by atoms with Crippen molar-refractivity contribution < 1.29 is 19.1 Å². The Balaban J connectivity index is 2.71. The number of hydrogen-bond acceptors (Lipinski definition) is 5. The smallest absolute Gasteiger partial charge is 0.427 e. The second kappa shape index (κ2) is 5.52. The molecule has 1 amide bonds. The van der Waals surface area contributed by atoms with Crippen LogP contribution >= 0.6 is 0 Å². The molecule has 0 aliphatic carbocycles. The number of esters is 1. The van der Waals surface area contributed by atoms with Gasteiger partial charge in [-0.2, -0.15) is 0 Å². The van der Waals surface area contributed by atoms with Crippen LogP contribution in [0.3, 0.4) is 0 Å². The minimum atomic E-state index is -0.675. The molecule has 0 atom stereocenters. The first-order valence-electron chi connectivity index (χ1n) is 5.54. The summed E-state index contributed by atoms with van der Waals surface area (Å²) in [5.41, 5.74) is 1.76. The summed E-state index contributed by atoms with van der Waals surface area (Å²) in [5.74, 6) is -0.624. The van der Waals surface area contributed by atoms with Crippen molar-refractivity contribution in [2.75, 3.05) is 12.0 Å². The van der Waals surface area contributed by atoms with Crippen LogP contribution in [0.5, 0.6) is 0 Å². The molecule has 0 unspecified atom stereocenters. The summed E-state index contributed by atoms with van der Waals surface area (Å²) in [6, 6.07) is 0. The first kappa shape index (κ1) is 14.0. The third kappa shape index (κ3) is 4.08. The molecule has 0 aromatic carbocycles. The number of amides is 1. The highest BCUT2D eigenvalue weighted by atomic mass is 16.6. The molecule has 1 N–H and O–H groups in total. The van der Waals surface area contributed by atoms with Gasteiger partial charge in [0.2, 0.25) is 5.82 Å². The summed E-state index contributed by atoms with van der Waals surface area (Å²) in [6.45, 7) is 7.15. The topological polar surface area (TPSA) is 82.5 Å². The molecule has 0 radical (unpaired) electrons. The lowest BCUT2D eigenvalue weighted by Crippen LogP contribution is -2.33. The van der Waals surface area contributed by atoms with Crippen LogP contribution in [0.4, 0.5) is 4.79 Å². The van der Waals surface area contributed by atoms with Gasteiger partial charge in [0.05, 0.1) is 6.61 Å². The summed E-state index contributed by atoms with van der Waals surface area (Å²) >= 11 is 0. The van der Waals surface area contributed by atoms with Crippen molar-refractivity contribution in [2.24, 2.45) is 0 Å². The van der Waals surface area contributed by atoms with Gasteiger partial charge < -0.3 is 9.47 Å². The van der Waals surface area contributed by atoms with Crippen molar-refractivity contribution in [1.29, 1.82) is 0 Å². The summed E-state index contributed by atoms with van der Waals surface area (Å²) in [7, 11) is 0. The van der Waals surface area contributed by atoms with Crippen molar-refractivity contribution in [2.45, 2.75) is 33.3 Å². The highest BCUT2D eigenvalue weighted by molar-refractivity contribution is 5.87. The zero-order valence-electron chi connectivity index (χ0n) is 10.9. The van der Waals surface area contributed by atoms with Gasteiger partial charge in [0.15, 0.2) is 0 Å². The lowest BCUT2D eigenvalue weighted by molar-refractivity contribution is 0.0505. The minimum absolute atomic E-state index is 0.0114. The van der Waals surface area contributed by atoms with Gasteiger partial charge in [-0.1, -0.05) is 0 Å². The van der Waals surface area contributed by atoms with Gasteiger partial charge in [-0.25, -0.2) is 24.7 Å². The van der Waals surface area contributed by atoms with Gasteiger partial charge in [-0.3, -0.25) is 0 Å². The van der Waals surface area contributed by atoms with E-state index in [0.29, 0.717) is 0 Å². The fourth-order valence-electron chi connectivity index (χ4n) is 1.14. The monoisotopic (exact) mass is 255 g/mol. The van der Waals surface area contributed by atoms with Crippen molar-refractivity contribution in [3.63, 3.8) is 0 Å². The Morgan fingerprint density at radius 1 is 1.44 bits per heavy atom. The number of nitrogens with zero attached hydrogens (tertiary/aromatic N) is 2. The standard InChI is InChI=1S/C11H17N3O4/c1-5-17-9(15)8-12-6-7-14(8)13-10(16)18-11(2,3)4/h6-7H,5H2,1-4H3,(H,13,16). The van der Waals surface area contributed by atoms with E-state index < -0.39 is 17.7 Å². The quantitative estimate of drug-likeness (QED) is 0.828. The third-order valence-corrected chi connectivity index (χ3v) is 1.71. The molecular formula is C11H17N3O4. The van der Waals surface area contributed by atoms with Crippen molar-refractivity contribution in [3.8, 4) is 0 Å². The van der Waals surface area contributed by atoms with Gasteiger partial charge >= 0.3 is 12.1 Å². The van der Waals surface area contributed by atoms with Crippen LogP contribution in [0.2, 0.25) is 0 Å². The van der Waals surface area contributed by atoms with Crippen LogP contribution in [-0.4, -0.2) is 33.9 Å². The minimum Gasteiger partial charge on any atom is -0.460 e. The van der Waals surface area contributed by atoms with Crippen LogP contribution in [0.15, 0.2) is 12.4 Å². The van der Waals surface area contributed by atoms with Gasteiger partial charge in [0.1, 0.15) is 5.60 Å². The number of nitrogens with one attached hydrogen (secondary N) is 1. The molecule has 1 heterocycles. The molecule has 0 fully saturated rings. The number of ether oxygens (including phenoxy) is 2. The number of rotatable bonds is 3. The fourth-order valence-corrected chi connectivity index (χ4v) is 1.14. The van der Waals surface area contributed by atoms with Crippen molar-refractivity contribution in [3.05, 3.63) is 18.2 Å². The molecule has 1 aromatic rings. The Morgan fingerprint density at radius 2 is 2.11 bits per heavy atom. The maximum Gasteiger partial charge on any atom is 0.427 e. The molecule has 18 heavy (non-hydrogen) atoms. The maximum absolute atomic E-state index is 11.5. The second-order valence-corrected chi connectivity index (χ2v) is 4.46. The van der Waals surface area contributed by atoms with Crippen LogP contribution in [-0.2, 0) is 9.47 Å². The van der Waals surface area contributed by atoms with E-state index in [1.54, 1.807) is 27.7 Å². The highest BCUT2D eigenvalue weighted by Gasteiger charge is 2.19. The Bertz CT molecular complexity index is 434. The first-order valence-corrected chi connectivity index (χ1v) is 5.54. The number of imidazole rings is 1. The Labute approximate surface area is 105 Å². The van der Waals surface area contributed by atoms with Crippen molar-refractivity contribution in [1.82, 2.24) is 9.66 Å². The number of hydrogen-bond donors (Lipinski definition) is 1. The van der Waals surface area contributed by atoms with E-state index in [1.807, 2.05) is 0 Å². The molecule has 0 bridgehead atoms. The second-order valence-electron chi connectivity index (χ2n) is 4.46. The van der Waals surface area contributed by atoms with Crippen LogP contribution < -0.4 is 5.43 Å². The Hall–Kier alpha value is -2.05. The van der Waals surface area contributed by atoms with Gasteiger partial charge in [0.25, 0.3) is 0 Å². The summed E-state index contributed by atoms with van der Waals surface area (Å²) < 4.78 is 11.0. The van der Waals surface area contributed by atoms with Crippen LogP contribution in [0, 0.1) is 0 Å². The highest BCUT2D eigenvalue weighted by Crippen LogP contribution is 2.07. The number of aromatic nitrogens is 2. The Kier molecular flexibility index (Phi) is 4.30. The van der Waals surface area contributed by atoms with E-state index >= 15 is 0 Å². The average Bonchev–Trinajstić information content (AvgIpc) is 2.62. The Morgan fingerprint density at radius 3 is 2.67 bits per heavy atom. The molecule has 7 heteroatoms. The molecule has 0 aliphatic rings. The number of carbonyl (C=O) groups is 2. The summed E-state index contributed by atoms with van der Waals surface area (Å²) in [4.78, 5) is 26.8. The first-order chi connectivity index (χ1) is 8.33. The molecule has 0 aliphatic heterocycles. The lowest BCUT2D eigenvalue weighted by Gasteiger charge is -2.20. The molecule has 7 nitrogen and oxygen atoms in total. The van der Waals surface area contributed by atoms with Gasteiger partial charge in [-0.15, -0.1) is 0 Å². The summed E-state index contributed by atoms with van der Waals surface area (Å²) in [6.07, 6.45) is 2.13. The fraction of sp³-hybridized carbons (Fsp3) is 0.545. The number of carbonyl (C=O) groups excluding carboxylic acids is 2. The van der Waals surface area contributed by atoms with E-state index in [4.69, 9.17) is 9.47 Å². The lowest BCUT2D eigenvalue weighted by atomic mass is 10.2. The molecule has 0 saturated heterocycles. The molecule has 0 spiro atoms. The van der Waals surface area contributed by atoms with E-state index in [-0.39, 0.29) is 12.4 Å². The van der Waals surface area contributed by atoms with Crippen LogP contribution in [0.25, 0.3) is 0 Å². The predicted molar refractivity (Wildman–Crippen MR) is 63.8 cm³/mol. The zero-order chi connectivity index (χ0) is 13.8. The normalized spacial score (nSPS) is 10.9. The summed E-state index contributed by atoms with van der Waals surface area (Å²) in [5, 5.41) is 0. The van der Waals surface area contributed by atoms with Gasteiger partial charge in [0, 0.05) is 12.4 Å². The van der Waals surface area contributed by atoms with E-state index in [2.05, 4.69) is 10.4 Å². The molecule has 0 saturated carbocycles. The predicted octanol–water partition coefficient (Wildman–Crippen LogP) is 1.54. The average molecular weight is 255 g/mol. The SMILES string of the molecule is CCOC(=O)c1nccn1NC(=O)OC(C)(C)C. The maximum atomic E-state index is 11.5. The zero-order valence-corrected chi connectivity index (χ0v) is 10.9. The van der Waals surface area contributed by atoms with Crippen LogP contribution in [0.1, 0.15) is 38.3 Å². The molecule has 1 rings (SSSR count). The van der Waals surface area contributed by atoms with E-state index in [0.717, 1.165) is 4.68 Å². The molecule has 100 valence electrons. The molecule has 1 aromatic heterocycles. The van der Waals surface area contributed by atoms with Crippen molar-refractivity contribution >= 4 is 12.1 Å². The molecular weight excluding hydrogens is 238 g/mol. The largest absolute Gasteiger partial charge is 0.460 e. The van der Waals surface area contributed by atoms with E-state index in [9.17, 15) is 9.59 Å². The third-order valence-electron chi connectivity index (χ3n) is 1.71.